The third kappa shape index (κ3) is 5.73. The number of sulfonamides is 1. The Hall–Kier alpha value is -2.54. The van der Waals surface area contributed by atoms with Gasteiger partial charge < -0.3 is 10.1 Å². The van der Waals surface area contributed by atoms with Crippen LogP contribution in [0.2, 0.25) is 0 Å². The van der Waals surface area contributed by atoms with Crippen LogP contribution in [0.15, 0.2) is 53.4 Å². The number of aryl methyl sites for hydroxylation is 1. The van der Waals surface area contributed by atoms with Crippen LogP contribution in [0.1, 0.15) is 26.3 Å². The molecule has 2 aromatic rings. The fourth-order valence-corrected chi connectivity index (χ4v) is 4.03. The molecule has 0 spiro atoms. The van der Waals surface area contributed by atoms with Gasteiger partial charge >= 0.3 is 0 Å². The minimum atomic E-state index is -3.65. The molecule has 0 aliphatic heterocycles. The molecule has 0 aromatic heterocycles. The Morgan fingerprint density at radius 1 is 1.07 bits per heavy atom. The standard InChI is InChI=1S/C21H28N2O4S/c1-5-23(28(25,26)20-12-6-17(4)7-13-20)18-8-10-19(11-9-18)27-15-21(24)22-14-16(2)3/h6-13,16H,5,14-15H2,1-4H3,(H,22,24). The number of ether oxygens (including phenoxy) is 1. The molecule has 0 radical (unpaired) electrons. The summed E-state index contributed by atoms with van der Waals surface area (Å²) >= 11 is 0. The molecule has 0 heterocycles. The van der Waals surface area contributed by atoms with E-state index in [9.17, 15) is 13.2 Å². The quantitative estimate of drug-likeness (QED) is 0.695. The average Bonchev–Trinajstić information content (AvgIpc) is 2.66. The topological polar surface area (TPSA) is 75.7 Å². The van der Waals surface area contributed by atoms with E-state index in [1.807, 2.05) is 20.8 Å². The molecule has 1 N–H and O–H groups in total. The summed E-state index contributed by atoms with van der Waals surface area (Å²) in [6.45, 7) is 8.56. The number of carbonyl (C=O) groups excluding carboxylic acids is 1. The molecule has 1 amide bonds. The molecule has 0 saturated heterocycles. The Kier molecular flexibility index (Phi) is 7.45. The van der Waals surface area contributed by atoms with Crippen molar-refractivity contribution in [3.05, 3.63) is 54.1 Å². The van der Waals surface area contributed by atoms with Crippen molar-refractivity contribution < 1.29 is 17.9 Å². The van der Waals surface area contributed by atoms with Crippen molar-refractivity contribution in [2.45, 2.75) is 32.6 Å². The van der Waals surface area contributed by atoms with Gasteiger partial charge in [0.1, 0.15) is 5.75 Å². The number of anilines is 1. The van der Waals surface area contributed by atoms with Gasteiger partial charge in [0.2, 0.25) is 0 Å². The van der Waals surface area contributed by atoms with E-state index in [4.69, 9.17) is 4.74 Å². The summed E-state index contributed by atoms with van der Waals surface area (Å²) < 4.78 is 32.7. The largest absolute Gasteiger partial charge is 0.484 e. The predicted molar refractivity (Wildman–Crippen MR) is 111 cm³/mol. The molecule has 2 rings (SSSR count). The number of amides is 1. The van der Waals surface area contributed by atoms with E-state index in [0.29, 0.717) is 30.4 Å². The second-order valence-corrected chi connectivity index (χ2v) is 8.83. The van der Waals surface area contributed by atoms with Gasteiger partial charge in [0.05, 0.1) is 10.6 Å². The molecule has 0 aliphatic rings. The zero-order valence-electron chi connectivity index (χ0n) is 16.8. The normalized spacial score (nSPS) is 11.3. The molecule has 28 heavy (non-hydrogen) atoms. The Morgan fingerprint density at radius 3 is 2.21 bits per heavy atom. The third-order valence-corrected chi connectivity index (χ3v) is 6.02. The highest BCUT2D eigenvalue weighted by Crippen LogP contribution is 2.25. The first-order valence-electron chi connectivity index (χ1n) is 9.33. The Bertz CT molecular complexity index is 876. The number of carbonyl (C=O) groups is 1. The Labute approximate surface area is 167 Å². The van der Waals surface area contributed by atoms with E-state index < -0.39 is 10.0 Å². The molecule has 0 fully saturated rings. The van der Waals surface area contributed by atoms with Crippen molar-refractivity contribution in [3.8, 4) is 5.75 Å². The maximum atomic E-state index is 12.9. The van der Waals surface area contributed by atoms with Crippen LogP contribution in [0.4, 0.5) is 5.69 Å². The van der Waals surface area contributed by atoms with Crippen LogP contribution in [0.25, 0.3) is 0 Å². The number of hydrogen-bond donors (Lipinski definition) is 1. The van der Waals surface area contributed by atoms with Gasteiger partial charge in [-0.3, -0.25) is 9.10 Å². The Balaban J connectivity index is 2.07. The first kappa shape index (κ1) is 21.8. The summed E-state index contributed by atoms with van der Waals surface area (Å²) in [5, 5.41) is 2.78. The van der Waals surface area contributed by atoms with Gasteiger partial charge in [0.15, 0.2) is 6.61 Å². The van der Waals surface area contributed by atoms with E-state index in [2.05, 4.69) is 5.32 Å². The smallest absolute Gasteiger partial charge is 0.264 e. The van der Waals surface area contributed by atoms with Crippen molar-refractivity contribution in [1.29, 1.82) is 0 Å². The van der Waals surface area contributed by atoms with E-state index in [1.165, 1.54) is 4.31 Å². The first-order valence-corrected chi connectivity index (χ1v) is 10.8. The van der Waals surface area contributed by atoms with Crippen LogP contribution < -0.4 is 14.4 Å². The lowest BCUT2D eigenvalue weighted by molar-refractivity contribution is -0.123. The van der Waals surface area contributed by atoms with Crippen molar-refractivity contribution in [1.82, 2.24) is 5.32 Å². The highest BCUT2D eigenvalue weighted by atomic mass is 32.2. The van der Waals surface area contributed by atoms with Crippen LogP contribution in [0.3, 0.4) is 0 Å². The summed E-state index contributed by atoms with van der Waals surface area (Å²) in [5.74, 6) is 0.695. The second kappa shape index (κ2) is 9.59. The van der Waals surface area contributed by atoms with Gasteiger partial charge in [-0.25, -0.2) is 8.42 Å². The SMILES string of the molecule is CCN(c1ccc(OCC(=O)NCC(C)C)cc1)S(=O)(=O)c1ccc(C)cc1. The van der Waals surface area contributed by atoms with Gasteiger partial charge in [0.25, 0.3) is 15.9 Å². The maximum Gasteiger partial charge on any atom is 0.264 e. The molecule has 0 unspecified atom stereocenters. The number of nitrogens with zero attached hydrogens (tertiary/aromatic N) is 1. The van der Waals surface area contributed by atoms with Crippen LogP contribution >= 0.6 is 0 Å². The first-order chi connectivity index (χ1) is 13.2. The van der Waals surface area contributed by atoms with Crippen LogP contribution in [0.5, 0.6) is 5.75 Å². The summed E-state index contributed by atoms with van der Waals surface area (Å²) in [5.41, 5.74) is 1.54. The van der Waals surface area contributed by atoms with E-state index in [-0.39, 0.29) is 17.4 Å². The minimum absolute atomic E-state index is 0.0782. The molecular weight excluding hydrogens is 376 g/mol. The molecule has 0 saturated carbocycles. The van der Waals surface area contributed by atoms with E-state index >= 15 is 0 Å². The predicted octanol–water partition coefficient (Wildman–Crippen LogP) is 3.36. The zero-order valence-corrected chi connectivity index (χ0v) is 17.6. The Morgan fingerprint density at radius 2 is 1.68 bits per heavy atom. The van der Waals surface area contributed by atoms with E-state index in [0.717, 1.165) is 5.56 Å². The molecule has 6 nitrogen and oxygen atoms in total. The maximum absolute atomic E-state index is 12.9. The van der Waals surface area contributed by atoms with Gasteiger partial charge in [-0.2, -0.15) is 0 Å². The molecule has 0 bridgehead atoms. The van der Waals surface area contributed by atoms with Crippen molar-refractivity contribution >= 4 is 21.6 Å². The third-order valence-electron chi connectivity index (χ3n) is 4.10. The molecule has 152 valence electrons. The minimum Gasteiger partial charge on any atom is -0.484 e. The fourth-order valence-electron chi connectivity index (χ4n) is 2.56. The molecule has 2 aromatic carbocycles. The van der Waals surface area contributed by atoms with Crippen molar-refractivity contribution in [2.24, 2.45) is 5.92 Å². The fraction of sp³-hybridized carbons (Fsp3) is 0.381. The average molecular weight is 405 g/mol. The molecule has 0 aliphatic carbocycles. The zero-order chi connectivity index (χ0) is 20.7. The summed E-state index contributed by atoms with van der Waals surface area (Å²) in [6, 6.07) is 13.5. The molecule has 7 heteroatoms. The second-order valence-electron chi connectivity index (χ2n) is 6.96. The van der Waals surface area contributed by atoms with E-state index in [1.54, 1.807) is 55.5 Å². The highest BCUT2D eigenvalue weighted by molar-refractivity contribution is 7.92. The molecule has 0 atom stereocenters. The number of hydrogen-bond acceptors (Lipinski definition) is 4. The van der Waals surface area contributed by atoms with Crippen molar-refractivity contribution in [2.75, 3.05) is 24.0 Å². The number of nitrogens with one attached hydrogen (secondary N) is 1. The van der Waals surface area contributed by atoms with Crippen LogP contribution in [-0.2, 0) is 14.8 Å². The summed E-state index contributed by atoms with van der Waals surface area (Å²) in [6.07, 6.45) is 0. The highest BCUT2D eigenvalue weighted by Gasteiger charge is 2.23. The molecular formula is C21H28N2O4S. The lowest BCUT2D eigenvalue weighted by Gasteiger charge is -2.23. The number of benzene rings is 2. The van der Waals surface area contributed by atoms with Gasteiger partial charge in [0, 0.05) is 13.1 Å². The monoisotopic (exact) mass is 404 g/mol. The summed E-state index contributed by atoms with van der Waals surface area (Å²) in [4.78, 5) is 12.0. The van der Waals surface area contributed by atoms with Crippen molar-refractivity contribution in [3.63, 3.8) is 0 Å². The lowest BCUT2D eigenvalue weighted by atomic mass is 10.2. The van der Waals surface area contributed by atoms with Crippen LogP contribution in [-0.4, -0.2) is 34.0 Å². The number of rotatable bonds is 9. The van der Waals surface area contributed by atoms with Gasteiger partial charge in [-0.15, -0.1) is 0 Å². The lowest BCUT2D eigenvalue weighted by Crippen LogP contribution is -2.31. The van der Waals surface area contributed by atoms with Gasteiger partial charge in [-0.05, 0) is 56.2 Å². The summed E-state index contributed by atoms with van der Waals surface area (Å²) in [7, 11) is -3.65. The van der Waals surface area contributed by atoms with Crippen LogP contribution in [0, 0.1) is 12.8 Å². The van der Waals surface area contributed by atoms with Gasteiger partial charge in [-0.1, -0.05) is 31.5 Å².